The zero-order valence-electron chi connectivity index (χ0n) is 11.3. The Labute approximate surface area is 112 Å². The number of rotatable bonds is 4. The Morgan fingerprint density at radius 2 is 2.00 bits per heavy atom. The summed E-state index contributed by atoms with van der Waals surface area (Å²) in [4.78, 5) is 0. The first-order valence-electron chi connectivity index (χ1n) is 6.26. The molecule has 0 saturated heterocycles. The van der Waals surface area contributed by atoms with Crippen molar-refractivity contribution in [1.82, 2.24) is 15.5 Å². The van der Waals surface area contributed by atoms with Crippen LogP contribution in [0.25, 0.3) is 10.6 Å². The third-order valence-corrected chi connectivity index (χ3v) is 4.23. The molecule has 1 heterocycles. The fraction of sp³-hybridized carbons (Fsp3) is 0.429. The van der Waals surface area contributed by atoms with E-state index in [0.717, 1.165) is 22.1 Å². The molecule has 2 aromatic rings. The van der Waals surface area contributed by atoms with Gasteiger partial charge in [0, 0.05) is 5.56 Å². The maximum atomic E-state index is 4.29. The highest BCUT2D eigenvalue weighted by Gasteiger charge is 2.12. The standard InChI is InChI=1S/C14H19N3S/c1-5-15-11(4)13-16-17-14(18-13)12-7-6-9(2)10(3)8-12/h6-8,11,15H,5H2,1-4H3. The largest absolute Gasteiger partial charge is 0.308 e. The van der Waals surface area contributed by atoms with Gasteiger partial charge in [-0.05, 0) is 44.5 Å². The number of aryl methyl sites for hydroxylation is 2. The quantitative estimate of drug-likeness (QED) is 0.915. The summed E-state index contributed by atoms with van der Waals surface area (Å²) in [7, 11) is 0. The average Bonchev–Trinajstić information content (AvgIpc) is 2.82. The molecule has 2 rings (SSSR count). The SMILES string of the molecule is CCNC(C)c1nnc(-c2ccc(C)c(C)c2)s1. The highest BCUT2D eigenvalue weighted by atomic mass is 32.1. The van der Waals surface area contributed by atoms with E-state index in [-0.39, 0.29) is 6.04 Å². The van der Waals surface area contributed by atoms with Gasteiger partial charge >= 0.3 is 0 Å². The van der Waals surface area contributed by atoms with Crippen LogP contribution in [-0.4, -0.2) is 16.7 Å². The van der Waals surface area contributed by atoms with Crippen LogP contribution < -0.4 is 5.32 Å². The van der Waals surface area contributed by atoms with Gasteiger partial charge in [0.1, 0.15) is 10.0 Å². The summed E-state index contributed by atoms with van der Waals surface area (Å²) in [6, 6.07) is 6.70. The van der Waals surface area contributed by atoms with Crippen LogP contribution in [0.2, 0.25) is 0 Å². The van der Waals surface area contributed by atoms with Crippen LogP contribution in [0.15, 0.2) is 18.2 Å². The molecular weight excluding hydrogens is 242 g/mol. The average molecular weight is 261 g/mol. The monoisotopic (exact) mass is 261 g/mol. The molecule has 0 amide bonds. The topological polar surface area (TPSA) is 37.8 Å². The maximum Gasteiger partial charge on any atom is 0.147 e. The number of hydrogen-bond donors (Lipinski definition) is 1. The molecule has 0 radical (unpaired) electrons. The van der Waals surface area contributed by atoms with Crippen LogP contribution in [0.1, 0.15) is 36.0 Å². The van der Waals surface area contributed by atoms with Gasteiger partial charge in [-0.2, -0.15) is 0 Å². The first-order valence-corrected chi connectivity index (χ1v) is 7.08. The molecule has 0 fully saturated rings. The number of nitrogens with one attached hydrogen (secondary N) is 1. The normalized spacial score (nSPS) is 12.7. The molecule has 1 aromatic heterocycles. The van der Waals surface area contributed by atoms with E-state index in [9.17, 15) is 0 Å². The summed E-state index contributed by atoms with van der Waals surface area (Å²) in [5, 5.41) is 14.0. The minimum absolute atomic E-state index is 0.271. The molecule has 1 N–H and O–H groups in total. The molecule has 1 aromatic carbocycles. The minimum atomic E-state index is 0.271. The third-order valence-electron chi connectivity index (χ3n) is 3.08. The molecule has 1 unspecified atom stereocenters. The molecule has 0 aliphatic rings. The van der Waals surface area contributed by atoms with Gasteiger partial charge in [0.2, 0.25) is 0 Å². The molecule has 1 atom stereocenters. The molecule has 0 spiro atoms. The Balaban J connectivity index is 2.26. The van der Waals surface area contributed by atoms with Gasteiger partial charge in [-0.25, -0.2) is 0 Å². The van der Waals surface area contributed by atoms with E-state index in [1.807, 2.05) is 0 Å². The van der Waals surface area contributed by atoms with Gasteiger partial charge in [-0.15, -0.1) is 10.2 Å². The van der Waals surface area contributed by atoms with E-state index in [4.69, 9.17) is 0 Å². The van der Waals surface area contributed by atoms with Crippen molar-refractivity contribution in [2.45, 2.75) is 33.7 Å². The highest BCUT2D eigenvalue weighted by Crippen LogP contribution is 2.27. The van der Waals surface area contributed by atoms with Crippen molar-refractivity contribution in [2.24, 2.45) is 0 Å². The Kier molecular flexibility index (Phi) is 4.09. The lowest BCUT2D eigenvalue weighted by atomic mass is 10.1. The van der Waals surface area contributed by atoms with Crippen LogP contribution in [0.3, 0.4) is 0 Å². The first-order chi connectivity index (χ1) is 8.61. The molecular formula is C14H19N3S. The lowest BCUT2D eigenvalue weighted by Crippen LogP contribution is -2.17. The van der Waals surface area contributed by atoms with Crippen LogP contribution >= 0.6 is 11.3 Å². The summed E-state index contributed by atoms with van der Waals surface area (Å²) in [5.41, 5.74) is 3.76. The fourth-order valence-electron chi connectivity index (χ4n) is 1.79. The van der Waals surface area contributed by atoms with E-state index >= 15 is 0 Å². The second-order valence-corrected chi connectivity index (χ2v) is 5.53. The molecule has 0 aliphatic heterocycles. The molecule has 4 heteroatoms. The predicted molar refractivity (Wildman–Crippen MR) is 76.9 cm³/mol. The Morgan fingerprint density at radius 1 is 1.22 bits per heavy atom. The van der Waals surface area contributed by atoms with E-state index in [1.54, 1.807) is 11.3 Å². The maximum absolute atomic E-state index is 4.29. The van der Waals surface area contributed by atoms with Gasteiger partial charge < -0.3 is 5.32 Å². The number of benzene rings is 1. The van der Waals surface area contributed by atoms with Gasteiger partial charge in [0.05, 0.1) is 6.04 Å². The van der Waals surface area contributed by atoms with E-state index in [2.05, 4.69) is 61.4 Å². The lowest BCUT2D eigenvalue weighted by molar-refractivity contribution is 0.590. The van der Waals surface area contributed by atoms with Crippen LogP contribution in [0, 0.1) is 13.8 Å². The van der Waals surface area contributed by atoms with Gasteiger partial charge in [0.25, 0.3) is 0 Å². The zero-order valence-corrected chi connectivity index (χ0v) is 12.1. The summed E-state index contributed by atoms with van der Waals surface area (Å²) >= 11 is 1.66. The Morgan fingerprint density at radius 3 is 2.67 bits per heavy atom. The number of aromatic nitrogens is 2. The number of hydrogen-bond acceptors (Lipinski definition) is 4. The third kappa shape index (κ3) is 2.76. The zero-order chi connectivity index (χ0) is 13.1. The van der Waals surface area contributed by atoms with E-state index in [1.165, 1.54) is 11.1 Å². The molecule has 0 saturated carbocycles. The van der Waals surface area contributed by atoms with Gasteiger partial charge in [0.15, 0.2) is 0 Å². The van der Waals surface area contributed by atoms with Crippen molar-refractivity contribution < 1.29 is 0 Å². The first kappa shape index (κ1) is 13.2. The highest BCUT2D eigenvalue weighted by molar-refractivity contribution is 7.14. The van der Waals surface area contributed by atoms with Crippen molar-refractivity contribution in [3.05, 3.63) is 34.3 Å². The van der Waals surface area contributed by atoms with Crippen molar-refractivity contribution in [2.75, 3.05) is 6.54 Å². The fourth-order valence-corrected chi connectivity index (χ4v) is 2.66. The van der Waals surface area contributed by atoms with Crippen LogP contribution in [0.4, 0.5) is 0 Å². The molecule has 0 bridgehead atoms. The van der Waals surface area contributed by atoms with Gasteiger partial charge in [-0.3, -0.25) is 0 Å². The second kappa shape index (κ2) is 5.59. The van der Waals surface area contributed by atoms with Crippen molar-refractivity contribution in [3.63, 3.8) is 0 Å². The molecule has 18 heavy (non-hydrogen) atoms. The molecule has 96 valence electrons. The Hall–Kier alpha value is -1.26. The molecule has 0 aliphatic carbocycles. The summed E-state index contributed by atoms with van der Waals surface area (Å²) in [6.45, 7) is 9.41. The van der Waals surface area contributed by atoms with Crippen molar-refractivity contribution in [1.29, 1.82) is 0 Å². The lowest BCUT2D eigenvalue weighted by Gasteiger charge is -2.06. The summed E-state index contributed by atoms with van der Waals surface area (Å²) in [5.74, 6) is 0. The smallest absolute Gasteiger partial charge is 0.147 e. The van der Waals surface area contributed by atoms with E-state index < -0.39 is 0 Å². The Bertz CT molecular complexity index is 534. The second-order valence-electron chi connectivity index (χ2n) is 4.52. The van der Waals surface area contributed by atoms with Crippen molar-refractivity contribution in [3.8, 4) is 10.6 Å². The summed E-state index contributed by atoms with van der Waals surface area (Å²) in [6.07, 6.45) is 0. The van der Waals surface area contributed by atoms with E-state index in [0.29, 0.717) is 0 Å². The van der Waals surface area contributed by atoms with Gasteiger partial charge in [-0.1, -0.05) is 30.4 Å². The number of nitrogens with zero attached hydrogens (tertiary/aromatic N) is 2. The summed E-state index contributed by atoms with van der Waals surface area (Å²) < 4.78 is 0. The molecule has 3 nitrogen and oxygen atoms in total. The van der Waals surface area contributed by atoms with Crippen LogP contribution in [-0.2, 0) is 0 Å². The van der Waals surface area contributed by atoms with Crippen molar-refractivity contribution >= 4 is 11.3 Å². The van der Waals surface area contributed by atoms with Crippen LogP contribution in [0.5, 0.6) is 0 Å². The minimum Gasteiger partial charge on any atom is -0.308 e. The predicted octanol–water partition coefficient (Wildman–Crippen LogP) is 3.49.